The molecule has 1 nitrogen and oxygen atoms in total. The normalized spacial score (nSPS) is 9.88. The first kappa shape index (κ1) is 21.3. The number of benzene rings is 2. The molecular weight excluding hydrogens is 525 g/mol. The summed E-state index contributed by atoms with van der Waals surface area (Å²) in [6, 6.07) is 25.4. The van der Waals surface area contributed by atoms with E-state index in [9.17, 15) is 0 Å². The second-order valence-electron chi connectivity index (χ2n) is 5.39. The van der Waals surface area contributed by atoms with Crippen LogP contribution >= 0.6 is 22.7 Å². The van der Waals surface area contributed by atoms with Crippen molar-refractivity contribution in [2.75, 3.05) is 7.11 Å². The molecule has 0 amide bonds. The number of halogens is 1. The van der Waals surface area contributed by atoms with E-state index >= 15 is 0 Å². The van der Waals surface area contributed by atoms with Gasteiger partial charge >= 0.3 is 19.5 Å². The Labute approximate surface area is 191 Å². The van der Waals surface area contributed by atoms with Crippen LogP contribution in [0.2, 0.25) is 0 Å². The van der Waals surface area contributed by atoms with Gasteiger partial charge in [-0.1, -0.05) is 42.5 Å². The van der Waals surface area contributed by atoms with E-state index < -0.39 is 0 Å². The van der Waals surface area contributed by atoms with Crippen molar-refractivity contribution in [2.24, 2.45) is 0 Å². The van der Waals surface area contributed by atoms with Crippen molar-refractivity contribution in [2.45, 2.75) is 0 Å². The van der Waals surface area contributed by atoms with Crippen LogP contribution in [0.5, 0.6) is 5.75 Å². The Kier molecular flexibility index (Phi) is 8.02. The van der Waals surface area contributed by atoms with E-state index in [0.717, 1.165) is 5.75 Å². The molecule has 26 heavy (non-hydrogen) atoms. The maximum Gasteiger partial charge on any atom is 2.00 e. The van der Waals surface area contributed by atoms with Gasteiger partial charge in [-0.3, -0.25) is 11.3 Å². The maximum absolute atomic E-state index is 5.21. The molecule has 2 aromatic carbocycles. The second-order valence-corrected chi connectivity index (χ2v) is 7.35. The molecule has 126 valence electrons. The summed E-state index contributed by atoms with van der Waals surface area (Å²) in [6.07, 6.45) is 0. The van der Waals surface area contributed by atoms with Crippen molar-refractivity contribution in [1.82, 2.24) is 0 Å². The third-order valence-electron chi connectivity index (χ3n) is 3.91. The second kappa shape index (κ2) is 9.79. The molecule has 0 saturated heterocycles. The molecule has 0 saturated carbocycles. The zero-order valence-electron chi connectivity index (χ0n) is 14.2. The van der Waals surface area contributed by atoms with Crippen LogP contribution in [0.25, 0.3) is 31.3 Å². The first-order valence-corrected chi connectivity index (χ1v) is 9.28. The van der Waals surface area contributed by atoms with Crippen molar-refractivity contribution in [1.29, 1.82) is 0 Å². The average Bonchev–Trinajstić information content (AvgIpc) is 3.33. The largest absolute Gasteiger partial charge is 2.00 e. The fraction of sp³-hybridized carbons (Fsp3) is 0.0476. The van der Waals surface area contributed by atoms with Crippen molar-refractivity contribution < 1.29 is 48.2 Å². The van der Waals surface area contributed by atoms with Crippen LogP contribution in [0.1, 0.15) is 0 Å². The third-order valence-corrected chi connectivity index (χ3v) is 6.04. The first-order chi connectivity index (χ1) is 11.8. The standard InChI is InChI=1S/C21H15OS2.HI.Zn/c1-22-18-10-8-16(9-11-18)15-4-6-17(7-5-15)19-12-13-21(24-19)20-3-2-14-23-20;;/h2-13H,1H3;1H;/q-1;;+2/p-1. The maximum atomic E-state index is 5.21. The number of methoxy groups -OCH3 is 1. The fourth-order valence-electron chi connectivity index (χ4n) is 2.61. The van der Waals surface area contributed by atoms with Crippen LogP contribution < -0.4 is 28.7 Å². The molecule has 0 unspecified atom stereocenters. The van der Waals surface area contributed by atoms with Crippen molar-refractivity contribution in [3.05, 3.63) is 78.2 Å². The van der Waals surface area contributed by atoms with Gasteiger partial charge < -0.3 is 28.7 Å². The summed E-state index contributed by atoms with van der Waals surface area (Å²) in [7, 11) is 1.69. The molecule has 4 rings (SSSR count). The van der Waals surface area contributed by atoms with Crippen LogP contribution in [0.3, 0.4) is 0 Å². The molecule has 2 heterocycles. The Morgan fingerprint density at radius 3 is 1.85 bits per heavy atom. The number of hydrogen-bond acceptors (Lipinski definition) is 3. The van der Waals surface area contributed by atoms with Gasteiger partial charge in [0.1, 0.15) is 5.75 Å². The van der Waals surface area contributed by atoms with E-state index in [-0.39, 0.29) is 43.5 Å². The van der Waals surface area contributed by atoms with E-state index in [2.05, 4.69) is 60.0 Å². The minimum Gasteiger partial charge on any atom is -1.00 e. The SMILES string of the molecule is COc1ccc(-c2ccc(-c3ccc(-c4cc[c-]s4)s3)cc2)cc1.[I-].[Zn+2]. The Morgan fingerprint density at radius 2 is 1.27 bits per heavy atom. The fourth-order valence-corrected chi connectivity index (χ4v) is 4.36. The molecule has 2 aromatic heterocycles. The predicted molar refractivity (Wildman–Crippen MR) is 104 cm³/mol. The van der Waals surface area contributed by atoms with Gasteiger partial charge in [-0.2, -0.15) is 12.1 Å². The van der Waals surface area contributed by atoms with Crippen LogP contribution in [0.15, 0.2) is 72.8 Å². The molecular formula is C21H15IOS2Zn. The number of thiophene rings is 2. The molecule has 0 bridgehead atoms. The zero-order chi connectivity index (χ0) is 16.4. The molecule has 0 atom stereocenters. The van der Waals surface area contributed by atoms with Crippen molar-refractivity contribution >= 4 is 22.7 Å². The number of ether oxygens (including phenoxy) is 1. The van der Waals surface area contributed by atoms with E-state index in [0.29, 0.717) is 0 Å². The van der Waals surface area contributed by atoms with Crippen molar-refractivity contribution in [3.63, 3.8) is 0 Å². The Morgan fingerprint density at radius 1 is 0.692 bits per heavy atom. The molecule has 0 aliphatic heterocycles. The summed E-state index contributed by atoms with van der Waals surface area (Å²) in [5.74, 6) is 0.882. The molecule has 0 N–H and O–H groups in total. The summed E-state index contributed by atoms with van der Waals surface area (Å²) in [5.41, 5.74) is 3.67. The van der Waals surface area contributed by atoms with Gasteiger partial charge in [-0.25, -0.2) is 0 Å². The average molecular weight is 540 g/mol. The molecule has 4 aromatic rings. The summed E-state index contributed by atoms with van der Waals surface area (Å²) in [6.45, 7) is 0. The van der Waals surface area contributed by atoms with Crippen LogP contribution in [-0.2, 0) is 19.5 Å². The Balaban J connectivity index is 0.00000121. The van der Waals surface area contributed by atoms with E-state index in [1.54, 1.807) is 18.4 Å². The Hall–Kier alpha value is -1.01. The third kappa shape index (κ3) is 4.63. The first-order valence-electron chi connectivity index (χ1n) is 7.64. The Bertz CT molecular complexity index is 929. The molecule has 0 aliphatic rings. The van der Waals surface area contributed by atoms with Gasteiger partial charge in [0.05, 0.1) is 7.11 Å². The summed E-state index contributed by atoms with van der Waals surface area (Å²) in [4.78, 5) is 3.87. The molecule has 5 heteroatoms. The van der Waals surface area contributed by atoms with Crippen LogP contribution in [0.4, 0.5) is 0 Å². The van der Waals surface area contributed by atoms with E-state index in [1.807, 2.05) is 29.5 Å². The van der Waals surface area contributed by atoms with E-state index in [1.165, 1.54) is 31.3 Å². The van der Waals surface area contributed by atoms with Gasteiger partial charge in [0, 0.05) is 4.88 Å². The molecule has 0 spiro atoms. The zero-order valence-corrected chi connectivity index (χ0v) is 21.0. The van der Waals surface area contributed by atoms with Crippen LogP contribution in [0, 0.1) is 5.38 Å². The molecule has 0 fully saturated rings. The topological polar surface area (TPSA) is 9.23 Å². The minimum atomic E-state index is 0. The summed E-state index contributed by atoms with van der Waals surface area (Å²) >= 11 is 3.49. The van der Waals surface area contributed by atoms with E-state index in [4.69, 9.17) is 4.74 Å². The predicted octanol–water partition coefficient (Wildman–Crippen LogP) is 3.62. The van der Waals surface area contributed by atoms with Crippen molar-refractivity contribution in [3.8, 4) is 37.1 Å². The van der Waals surface area contributed by atoms with Gasteiger partial charge in [-0.15, -0.1) is 21.6 Å². The quantitative estimate of drug-likeness (QED) is 0.219. The summed E-state index contributed by atoms with van der Waals surface area (Å²) < 4.78 is 5.21. The van der Waals surface area contributed by atoms with Gasteiger partial charge in [0.25, 0.3) is 0 Å². The van der Waals surface area contributed by atoms with Gasteiger partial charge in [0.15, 0.2) is 0 Å². The molecule has 0 aliphatic carbocycles. The van der Waals surface area contributed by atoms with Gasteiger partial charge in [0.2, 0.25) is 0 Å². The monoisotopic (exact) mass is 538 g/mol. The summed E-state index contributed by atoms with van der Waals surface area (Å²) in [5, 5.41) is 3.15. The minimum absolute atomic E-state index is 0. The van der Waals surface area contributed by atoms with Gasteiger partial charge in [-0.05, 0) is 39.8 Å². The number of rotatable bonds is 4. The molecule has 0 radical (unpaired) electrons. The smallest absolute Gasteiger partial charge is 1.00 e. The van der Waals surface area contributed by atoms with Crippen LogP contribution in [-0.4, -0.2) is 7.11 Å². The number of hydrogen-bond donors (Lipinski definition) is 0.